The second-order valence-corrected chi connectivity index (χ2v) is 7.46. The molecule has 2 unspecified atom stereocenters. The van der Waals surface area contributed by atoms with Crippen molar-refractivity contribution in [3.05, 3.63) is 46.3 Å². The Balaban J connectivity index is 1.82. The molecule has 1 aliphatic rings. The van der Waals surface area contributed by atoms with E-state index in [1.54, 1.807) is 24.3 Å². The monoisotopic (exact) mass is 435 g/mol. The largest absolute Gasteiger partial charge is 0.453 e. The maximum absolute atomic E-state index is 12.6. The van der Waals surface area contributed by atoms with Crippen LogP contribution in [0.3, 0.4) is 0 Å². The molecule has 0 aromatic heterocycles. The van der Waals surface area contributed by atoms with Gasteiger partial charge in [0, 0.05) is 17.4 Å². The first-order valence-corrected chi connectivity index (χ1v) is 10.8. The van der Waals surface area contributed by atoms with E-state index in [1.165, 1.54) is 0 Å². The summed E-state index contributed by atoms with van der Waals surface area (Å²) in [5, 5.41) is 3.39. The van der Waals surface area contributed by atoms with Crippen LogP contribution in [0.15, 0.2) is 35.4 Å². The lowest BCUT2D eigenvalue weighted by molar-refractivity contribution is -0.271. The van der Waals surface area contributed by atoms with Crippen molar-refractivity contribution in [1.29, 1.82) is 0 Å². The number of carbonyl (C=O) groups is 1. The molecule has 1 saturated heterocycles. The molecule has 5 atom stereocenters. The van der Waals surface area contributed by atoms with E-state index in [0.717, 1.165) is 6.42 Å². The predicted octanol–water partition coefficient (Wildman–Crippen LogP) is 3.98. The predicted molar refractivity (Wildman–Crippen MR) is 115 cm³/mol. The molecule has 0 spiro atoms. The quantitative estimate of drug-likeness (QED) is 0.152. The number of esters is 1. The first-order valence-electron chi connectivity index (χ1n) is 10.8. The summed E-state index contributed by atoms with van der Waals surface area (Å²) in [5.41, 5.74) is 8.69. The van der Waals surface area contributed by atoms with Crippen molar-refractivity contribution in [2.75, 3.05) is 39.6 Å². The lowest BCUT2D eigenvalue weighted by Crippen LogP contribution is -2.52. The Hall–Kier alpha value is -2.16. The zero-order chi connectivity index (χ0) is 22.5. The highest BCUT2D eigenvalue weighted by Crippen LogP contribution is 2.35. The molecule has 1 fully saturated rings. The van der Waals surface area contributed by atoms with Crippen LogP contribution in [0, 0.1) is 11.8 Å². The van der Waals surface area contributed by atoms with Gasteiger partial charge in [0.05, 0.1) is 44.7 Å². The third kappa shape index (κ3) is 8.12. The zero-order valence-corrected chi connectivity index (χ0v) is 18.5. The number of benzene rings is 1. The summed E-state index contributed by atoms with van der Waals surface area (Å²) in [6.07, 6.45) is -0.256. The van der Waals surface area contributed by atoms with Gasteiger partial charge in [-0.3, -0.25) is 0 Å². The average molecular weight is 436 g/mol. The van der Waals surface area contributed by atoms with Gasteiger partial charge in [-0.1, -0.05) is 44.1 Å². The van der Waals surface area contributed by atoms with Crippen molar-refractivity contribution in [3.8, 4) is 0 Å². The third-order valence-corrected chi connectivity index (χ3v) is 5.45. The molecular weight excluding hydrogens is 402 g/mol. The molecule has 0 bridgehead atoms. The highest BCUT2D eigenvalue weighted by molar-refractivity contribution is 5.89. The minimum absolute atomic E-state index is 0.0389. The number of hydrogen-bond donors (Lipinski definition) is 0. The van der Waals surface area contributed by atoms with E-state index in [1.807, 2.05) is 6.07 Å². The van der Waals surface area contributed by atoms with Crippen LogP contribution in [0.5, 0.6) is 0 Å². The second kappa shape index (κ2) is 14.0. The van der Waals surface area contributed by atoms with E-state index >= 15 is 0 Å². The number of carbonyl (C=O) groups excluding carboxylic acids is 1. The van der Waals surface area contributed by atoms with Gasteiger partial charge in [-0.05, 0) is 30.0 Å². The van der Waals surface area contributed by atoms with E-state index in [9.17, 15) is 4.79 Å². The van der Waals surface area contributed by atoms with Crippen molar-refractivity contribution in [1.82, 2.24) is 0 Å². The molecule has 1 aromatic carbocycles. The molecule has 31 heavy (non-hydrogen) atoms. The molecule has 1 aliphatic heterocycles. The van der Waals surface area contributed by atoms with Gasteiger partial charge >= 0.3 is 5.97 Å². The zero-order valence-electron chi connectivity index (χ0n) is 18.5. The van der Waals surface area contributed by atoms with Gasteiger partial charge in [-0.15, -0.1) is 0 Å². The minimum Gasteiger partial charge on any atom is -0.453 e. The average Bonchev–Trinajstić information content (AvgIpc) is 2.79. The summed E-state index contributed by atoms with van der Waals surface area (Å²) < 4.78 is 28.7. The number of rotatable bonds is 13. The summed E-state index contributed by atoms with van der Waals surface area (Å²) in [6.45, 7) is 8.40. The fourth-order valence-electron chi connectivity index (χ4n) is 3.49. The van der Waals surface area contributed by atoms with Crippen molar-refractivity contribution in [3.63, 3.8) is 0 Å². The van der Waals surface area contributed by atoms with Crippen LogP contribution in [0.4, 0.5) is 0 Å². The maximum atomic E-state index is 12.6. The summed E-state index contributed by atoms with van der Waals surface area (Å²) in [5.74, 6) is -0.0649. The molecule has 0 radical (unpaired) electrons. The number of azide groups is 1. The van der Waals surface area contributed by atoms with E-state index in [4.69, 9.17) is 29.2 Å². The molecule has 1 aromatic rings. The van der Waals surface area contributed by atoms with Crippen LogP contribution < -0.4 is 0 Å². The Kier molecular flexibility index (Phi) is 11.3. The molecule has 9 heteroatoms. The molecule has 0 aliphatic carbocycles. The van der Waals surface area contributed by atoms with Gasteiger partial charge in [0.25, 0.3) is 0 Å². The SMILES string of the molecule is CCC1O[C@H](OCCOCCOCCN=[N+]=[N-])C(OC(=O)c2ccccc2)[C@@H](C)[C@@H]1C. The standard InChI is InChI=1S/C22H33N3O6/c1-4-19-16(2)17(3)20(31-21(26)18-8-6-5-7-9-18)22(30-19)29-15-14-28-13-12-27-11-10-24-25-23/h5-9,16-17,19-20,22H,4,10-15H2,1-3H3/t16-,17-,19?,20?,22-/m0/s1. The smallest absolute Gasteiger partial charge is 0.338 e. The van der Waals surface area contributed by atoms with Crippen LogP contribution in [0.25, 0.3) is 10.4 Å². The molecule has 172 valence electrons. The lowest BCUT2D eigenvalue weighted by atomic mass is 9.82. The molecule has 2 rings (SSSR count). The van der Waals surface area contributed by atoms with Crippen molar-refractivity contribution in [2.45, 2.75) is 45.7 Å². The van der Waals surface area contributed by atoms with E-state index in [0.29, 0.717) is 45.1 Å². The van der Waals surface area contributed by atoms with Crippen LogP contribution in [-0.4, -0.2) is 64.0 Å². The number of nitrogens with zero attached hydrogens (tertiary/aromatic N) is 3. The Morgan fingerprint density at radius 2 is 1.74 bits per heavy atom. The van der Waals surface area contributed by atoms with Crippen LogP contribution in [0.1, 0.15) is 37.6 Å². The topological polar surface area (TPSA) is 112 Å². The highest BCUT2D eigenvalue weighted by Gasteiger charge is 2.43. The molecule has 0 N–H and O–H groups in total. The van der Waals surface area contributed by atoms with Crippen molar-refractivity contribution < 1.29 is 28.5 Å². The first kappa shape index (κ1) is 25.1. The number of ether oxygens (including phenoxy) is 5. The van der Waals surface area contributed by atoms with Crippen molar-refractivity contribution >= 4 is 5.97 Å². The van der Waals surface area contributed by atoms with E-state index in [-0.39, 0.29) is 23.9 Å². The van der Waals surface area contributed by atoms with Crippen LogP contribution >= 0.6 is 0 Å². The molecule has 0 amide bonds. The Labute approximate surface area is 183 Å². The summed E-state index contributed by atoms with van der Waals surface area (Å²) >= 11 is 0. The fraction of sp³-hybridized carbons (Fsp3) is 0.682. The molecule has 1 heterocycles. The van der Waals surface area contributed by atoms with Gasteiger partial charge in [0.2, 0.25) is 0 Å². The van der Waals surface area contributed by atoms with Crippen molar-refractivity contribution in [2.24, 2.45) is 17.0 Å². The second-order valence-electron chi connectivity index (χ2n) is 7.46. The van der Waals surface area contributed by atoms with Gasteiger partial charge in [-0.25, -0.2) is 4.79 Å². The number of hydrogen-bond acceptors (Lipinski definition) is 7. The van der Waals surface area contributed by atoms with Gasteiger partial charge < -0.3 is 23.7 Å². The maximum Gasteiger partial charge on any atom is 0.338 e. The Bertz CT molecular complexity index is 698. The minimum atomic E-state index is -0.646. The Morgan fingerprint density at radius 1 is 1.06 bits per heavy atom. The van der Waals surface area contributed by atoms with Crippen LogP contribution in [-0.2, 0) is 23.7 Å². The van der Waals surface area contributed by atoms with Gasteiger partial charge in [-0.2, -0.15) is 0 Å². The molecular formula is C22H33N3O6. The lowest BCUT2D eigenvalue weighted by Gasteiger charge is -2.43. The molecule has 0 saturated carbocycles. The summed E-state index contributed by atoms with van der Waals surface area (Å²) in [6, 6.07) is 8.92. The third-order valence-electron chi connectivity index (χ3n) is 5.45. The van der Waals surface area contributed by atoms with Crippen LogP contribution in [0.2, 0.25) is 0 Å². The van der Waals surface area contributed by atoms with E-state index in [2.05, 4.69) is 30.8 Å². The van der Waals surface area contributed by atoms with Gasteiger partial charge in [0.15, 0.2) is 12.4 Å². The normalized spacial score (nSPS) is 25.6. The fourth-order valence-corrected chi connectivity index (χ4v) is 3.49. The van der Waals surface area contributed by atoms with Gasteiger partial charge in [0.1, 0.15) is 0 Å². The first-order chi connectivity index (χ1) is 15.1. The molecule has 9 nitrogen and oxygen atoms in total. The summed E-state index contributed by atoms with van der Waals surface area (Å²) in [4.78, 5) is 15.3. The van der Waals surface area contributed by atoms with E-state index < -0.39 is 12.4 Å². The highest BCUT2D eigenvalue weighted by atomic mass is 16.7. The summed E-state index contributed by atoms with van der Waals surface area (Å²) in [7, 11) is 0. The Morgan fingerprint density at radius 3 is 2.42 bits per heavy atom.